The van der Waals surface area contributed by atoms with E-state index in [9.17, 15) is 19.6 Å². The fourth-order valence-electron chi connectivity index (χ4n) is 4.32. The van der Waals surface area contributed by atoms with Gasteiger partial charge in [-0.1, -0.05) is 26.7 Å². The van der Waals surface area contributed by atoms with E-state index >= 15 is 0 Å². The first-order chi connectivity index (χ1) is 13.8. The van der Waals surface area contributed by atoms with Gasteiger partial charge in [0.25, 0.3) is 0 Å². The Balaban J connectivity index is 1.55. The van der Waals surface area contributed by atoms with Gasteiger partial charge in [0.2, 0.25) is 5.91 Å². The summed E-state index contributed by atoms with van der Waals surface area (Å²) in [6.45, 7) is 6.05. The summed E-state index contributed by atoms with van der Waals surface area (Å²) >= 11 is 1.24. The molecule has 1 amide bonds. The Hall–Kier alpha value is -2.27. The molecule has 1 aromatic heterocycles. The van der Waals surface area contributed by atoms with Crippen molar-refractivity contribution in [1.82, 2.24) is 9.88 Å². The second kappa shape index (κ2) is 9.04. The summed E-state index contributed by atoms with van der Waals surface area (Å²) in [7, 11) is 0. The van der Waals surface area contributed by atoms with Gasteiger partial charge in [0, 0.05) is 30.1 Å². The maximum atomic E-state index is 12.5. The van der Waals surface area contributed by atoms with Crippen molar-refractivity contribution in [3.63, 3.8) is 0 Å². The molecule has 3 rings (SSSR count). The number of hydrogen-bond acceptors (Lipinski definition) is 7. The smallest absolute Gasteiger partial charge is 0.311 e. The van der Waals surface area contributed by atoms with Crippen LogP contribution in [0.1, 0.15) is 56.2 Å². The van der Waals surface area contributed by atoms with Crippen LogP contribution in [-0.2, 0) is 19.1 Å². The van der Waals surface area contributed by atoms with Gasteiger partial charge in [-0.2, -0.15) is 5.26 Å². The summed E-state index contributed by atoms with van der Waals surface area (Å²) in [6, 6.07) is 2.10. The number of rotatable bonds is 6. The fourth-order valence-corrected chi connectivity index (χ4v) is 5.18. The third-order valence-corrected chi connectivity index (χ3v) is 7.27. The number of esters is 1. The van der Waals surface area contributed by atoms with Crippen LogP contribution in [0, 0.1) is 36.0 Å². The van der Waals surface area contributed by atoms with E-state index in [1.807, 2.05) is 11.0 Å². The maximum Gasteiger partial charge on any atom is 0.311 e. The monoisotopic (exact) mass is 417 g/mol. The molecule has 2 fully saturated rings. The van der Waals surface area contributed by atoms with E-state index in [1.165, 1.54) is 17.8 Å². The van der Waals surface area contributed by atoms with Gasteiger partial charge in [0.05, 0.1) is 12.0 Å². The molecule has 8 heteroatoms. The summed E-state index contributed by atoms with van der Waals surface area (Å²) < 4.78 is 5.19. The van der Waals surface area contributed by atoms with E-state index in [0.717, 1.165) is 18.5 Å². The molecule has 0 N–H and O–H groups in total. The molecule has 29 heavy (non-hydrogen) atoms. The van der Waals surface area contributed by atoms with Gasteiger partial charge in [-0.25, -0.2) is 4.98 Å². The van der Waals surface area contributed by atoms with E-state index in [4.69, 9.17) is 4.74 Å². The highest BCUT2D eigenvalue weighted by Gasteiger charge is 2.42. The zero-order valence-corrected chi connectivity index (χ0v) is 17.9. The van der Waals surface area contributed by atoms with E-state index in [-0.39, 0.29) is 18.4 Å². The minimum Gasteiger partial charge on any atom is -0.457 e. The van der Waals surface area contributed by atoms with Gasteiger partial charge in [-0.05, 0) is 25.2 Å². The van der Waals surface area contributed by atoms with E-state index in [2.05, 4.69) is 18.8 Å². The van der Waals surface area contributed by atoms with Gasteiger partial charge in [-0.3, -0.25) is 14.4 Å². The van der Waals surface area contributed by atoms with Crippen LogP contribution in [-0.4, -0.2) is 46.7 Å². The first kappa shape index (κ1) is 21.4. The van der Waals surface area contributed by atoms with Crippen LogP contribution in [0.25, 0.3) is 0 Å². The first-order valence-electron chi connectivity index (χ1n) is 10.1. The molecule has 0 bridgehead atoms. The maximum absolute atomic E-state index is 12.5. The van der Waals surface area contributed by atoms with Crippen molar-refractivity contribution < 1.29 is 19.1 Å². The molecule has 0 radical (unpaired) electrons. The number of aryl methyl sites for hydroxylation is 1. The molecule has 2 aliphatic rings. The quantitative estimate of drug-likeness (QED) is 0.660. The highest BCUT2D eigenvalue weighted by atomic mass is 32.1. The van der Waals surface area contributed by atoms with E-state index < -0.39 is 30.2 Å². The van der Waals surface area contributed by atoms with E-state index in [1.54, 1.807) is 12.3 Å². The van der Waals surface area contributed by atoms with Crippen molar-refractivity contribution >= 4 is 29.0 Å². The average molecular weight is 418 g/mol. The molecule has 0 unspecified atom stereocenters. The lowest BCUT2D eigenvalue weighted by molar-refractivity contribution is -0.152. The van der Waals surface area contributed by atoms with E-state index in [0.29, 0.717) is 23.4 Å². The summed E-state index contributed by atoms with van der Waals surface area (Å²) in [5.74, 6) is -1.68. The van der Waals surface area contributed by atoms with Crippen molar-refractivity contribution in [3.05, 3.63) is 16.1 Å². The van der Waals surface area contributed by atoms with Gasteiger partial charge >= 0.3 is 5.97 Å². The largest absolute Gasteiger partial charge is 0.457 e. The number of likely N-dealkylation sites (tertiary alicyclic amines) is 1. The van der Waals surface area contributed by atoms with Crippen LogP contribution in [0.5, 0.6) is 0 Å². The van der Waals surface area contributed by atoms with Gasteiger partial charge in [0.1, 0.15) is 5.01 Å². The highest BCUT2D eigenvalue weighted by molar-refractivity contribution is 7.09. The van der Waals surface area contributed by atoms with Gasteiger partial charge in [-0.15, -0.1) is 11.3 Å². The third kappa shape index (κ3) is 4.67. The van der Waals surface area contributed by atoms with Crippen molar-refractivity contribution in [1.29, 1.82) is 5.26 Å². The number of carbonyl (C=O) groups excluding carboxylic acids is 3. The normalized spacial score (nSPS) is 28.1. The number of hydrogen-bond donors (Lipinski definition) is 0. The minimum atomic E-state index is -1.03. The first-order valence-corrected chi connectivity index (χ1v) is 11.0. The number of amides is 1. The Morgan fingerprint density at radius 2 is 2.17 bits per heavy atom. The number of ketones is 1. The molecule has 7 nitrogen and oxygen atoms in total. The lowest BCUT2D eigenvalue weighted by Gasteiger charge is -2.39. The number of Topliss-reactive ketones (excluding diaryl/α,β-unsaturated/α-hetero) is 1. The number of carbonyl (C=O) groups is 3. The number of ether oxygens (including phenoxy) is 1. The molecule has 1 aliphatic carbocycles. The number of thiazole rings is 1. The summed E-state index contributed by atoms with van der Waals surface area (Å²) in [5.41, 5.74) is 0.742. The lowest BCUT2D eigenvalue weighted by atomic mass is 9.77. The molecule has 0 aromatic carbocycles. The lowest BCUT2D eigenvalue weighted by Crippen LogP contribution is -2.45. The molecular weight excluding hydrogens is 390 g/mol. The SMILES string of the molecule is Cc1csc([C@@H](C#N)C(=O)COC(=O)[C@H]2CC(=O)N([C@@H]3CCC[C@H](C)[C@@H]3C)C2)n1. The molecule has 2 heterocycles. The third-order valence-electron chi connectivity index (χ3n) is 6.25. The molecule has 156 valence electrons. The van der Waals surface area contributed by atoms with Gasteiger partial charge in [0.15, 0.2) is 18.3 Å². The Morgan fingerprint density at radius 3 is 2.83 bits per heavy atom. The Kier molecular flexibility index (Phi) is 6.68. The number of aromatic nitrogens is 1. The molecule has 0 spiro atoms. The van der Waals surface area contributed by atoms with Crippen LogP contribution in [0.4, 0.5) is 0 Å². The zero-order chi connectivity index (χ0) is 21.1. The summed E-state index contributed by atoms with van der Waals surface area (Å²) in [6.07, 6.45) is 3.36. The Bertz CT molecular complexity index is 830. The molecule has 1 saturated carbocycles. The van der Waals surface area contributed by atoms with Crippen LogP contribution in [0.15, 0.2) is 5.38 Å². The standard InChI is InChI=1S/C21H27N3O4S/c1-12-5-4-6-17(14(12)3)24-9-15(7-19(24)26)21(27)28-10-18(25)16(8-22)20-23-13(2)11-29-20/h11-12,14-17H,4-7,9-10H2,1-3H3/t12-,14-,15-,16-,17+/m0/s1. The average Bonchev–Trinajstić information content (AvgIpc) is 3.28. The molecular formula is C21H27N3O4S. The van der Waals surface area contributed by atoms with Crippen LogP contribution in [0.3, 0.4) is 0 Å². The van der Waals surface area contributed by atoms with Crippen LogP contribution < -0.4 is 0 Å². The fraction of sp³-hybridized carbons (Fsp3) is 0.667. The predicted octanol–water partition coefficient (Wildman–Crippen LogP) is 2.84. The second-order valence-electron chi connectivity index (χ2n) is 8.25. The van der Waals surface area contributed by atoms with Crippen LogP contribution in [0.2, 0.25) is 0 Å². The molecule has 5 atom stereocenters. The molecule has 1 aliphatic heterocycles. The van der Waals surface area contributed by atoms with Crippen molar-refractivity contribution in [2.75, 3.05) is 13.2 Å². The van der Waals surface area contributed by atoms with Crippen molar-refractivity contribution in [3.8, 4) is 6.07 Å². The predicted molar refractivity (Wildman–Crippen MR) is 107 cm³/mol. The Labute approximate surface area is 175 Å². The molecule has 1 aromatic rings. The summed E-state index contributed by atoms with van der Waals surface area (Å²) in [5, 5.41) is 11.5. The van der Waals surface area contributed by atoms with Crippen molar-refractivity contribution in [2.24, 2.45) is 17.8 Å². The highest BCUT2D eigenvalue weighted by Crippen LogP contribution is 2.36. The number of nitriles is 1. The molecule has 1 saturated heterocycles. The number of nitrogens with zero attached hydrogens (tertiary/aromatic N) is 3. The zero-order valence-electron chi connectivity index (χ0n) is 17.1. The van der Waals surface area contributed by atoms with Gasteiger partial charge < -0.3 is 9.64 Å². The van der Waals surface area contributed by atoms with Crippen molar-refractivity contribution in [2.45, 2.75) is 58.4 Å². The van der Waals surface area contributed by atoms with Crippen LogP contribution >= 0.6 is 11.3 Å². The summed E-state index contributed by atoms with van der Waals surface area (Å²) in [4.78, 5) is 43.4. The topological polar surface area (TPSA) is 100 Å². The minimum absolute atomic E-state index is 0.0163. The Morgan fingerprint density at radius 1 is 1.41 bits per heavy atom. The second-order valence-corrected chi connectivity index (χ2v) is 9.13.